The number of ether oxygens (including phenoxy) is 1. The summed E-state index contributed by atoms with van der Waals surface area (Å²) in [5.41, 5.74) is 3.16. The SMILES string of the molecule is CC[C@H](C)NC(=O)[C@@H](C)N(Cc1cccc(C)c1)C(=O)COc1cccc(C)c1. The van der Waals surface area contributed by atoms with E-state index in [1.165, 1.54) is 0 Å². The molecule has 2 aromatic rings. The Kier molecular flexibility index (Phi) is 8.25. The molecule has 0 aromatic heterocycles. The standard InChI is InChI=1S/C24H32N2O3/c1-6-19(4)25-24(28)20(5)26(15-21-11-7-9-17(2)13-21)23(27)16-29-22-12-8-10-18(3)14-22/h7-14,19-20H,6,15-16H2,1-5H3,(H,25,28)/t19-,20+/m0/s1. The van der Waals surface area contributed by atoms with Crippen LogP contribution < -0.4 is 10.1 Å². The summed E-state index contributed by atoms with van der Waals surface area (Å²) in [4.78, 5) is 27.3. The van der Waals surface area contributed by atoms with Crippen LogP contribution in [0.2, 0.25) is 0 Å². The monoisotopic (exact) mass is 396 g/mol. The second kappa shape index (κ2) is 10.6. The minimum Gasteiger partial charge on any atom is -0.484 e. The lowest BCUT2D eigenvalue weighted by Crippen LogP contribution is -2.50. The number of benzene rings is 2. The van der Waals surface area contributed by atoms with Gasteiger partial charge >= 0.3 is 0 Å². The molecule has 2 atom stereocenters. The molecule has 29 heavy (non-hydrogen) atoms. The topological polar surface area (TPSA) is 58.6 Å². The molecule has 156 valence electrons. The molecule has 2 rings (SSSR count). The van der Waals surface area contributed by atoms with Gasteiger partial charge in [-0.1, -0.05) is 48.9 Å². The summed E-state index contributed by atoms with van der Waals surface area (Å²) in [6, 6.07) is 15.0. The van der Waals surface area contributed by atoms with Crippen molar-refractivity contribution < 1.29 is 14.3 Å². The van der Waals surface area contributed by atoms with Crippen LogP contribution >= 0.6 is 0 Å². The molecule has 0 saturated heterocycles. The van der Waals surface area contributed by atoms with Crippen LogP contribution in [0.1, 0.15) is 43.9 Å². The number of carbonyl (C=O) groups excluding carboxylic acids is 2. The van der Waals surface area contributed by atoms with E-state index in [1.807, 2.05) is 76.2 Å². The maximum Gasteiger partial charge on any atom is 0.261 e. The van der Waals surface area contributed by atoms with Gasteiger partial charge in [0, 0.05) is 12.6 Å². The van der Waals surface area contributed by atoms with Crippen LogP contribution in [0.3, 0.4) is 0 Å². The lowest BCUT2D eigenvalue weighted by molar-refractivity contribution is -0.142. The van der Waals surface area contributed by atoms with Gasteiger partial charge in [-0.25, -0.2) is 0 Å². The summed E-state index contributed by atoms with van der Waals surface area (Å²) >= 11 is 0. The normalized spacial score (nSPS) is 12.7. The highest BCUT2D eigenvalue weighted by Crippen LogP contribution is 2.15. The van der Waals surface area contributed by atoms with Gasteiger partial charge in [0.1, 0.15) is 11.8 Å². The minimum absolute atomic E-state index is 0.0596. The molecule has 0 aliphatic rings. The minimum atomic E-state index is -0.599. The van der Waals surface area contributed by atoms with Crippen molar-refractivity contribution in [3.63, 3.8) is 0 Å². The van der Waals surface area contributed by atoms with Crippen molar-refractivity contribution in [1.29, 1.82) is 0 Å². The third kappa shape index (κ3) is 6.93. The zero-order valence-corrected chi connectivity index (χ0v) is 18.1. The average molecular weight is 397 g/mol. The second-order valence-corrected chi connectivity index (χ2v) is 7.61. The lowest BCUT2D eigenvalue weighted by Gasteiger charge is -2.29. The van der Waals surface area contributed by atoms with Crippen molar-refractivity contribution in [3.05, 3.63) is 65.2 Å². The fraction of sp³-hybridized carbons (Fsp3) is 0.417. The molecule has 0 radical (unpaired) electrons. The van der Waals surface area contributed by atoms with Crippen molar-refractivity contribution >= 4 is 11.8 Å². The van der Waals surface area contributed by atoms with E-state index in [1.54, 1.807) is 11.8 Å². The van der Waals surface area contributed by atoms with Crippen LogP contribution in [-0.4, -0.2) is 35.4 Å². The van der Waals surface area contributed by atoms with E-state index < -0.39 is 6.04 Å². The highest BCUT2D eigenvalue weighted by Gasteiger charge is 2.27. The van der Waals surface area contributed by atoms with Crippen molar-refractivity contribution in [2.45, 2.75) is 59.7 Å². The number of nitrogens with one attached hydrogen (secondary N) is 1. The Balaban J connectivity index is 2.15. The van der Waals surface area contributed by atoms with Crippen LogP contribution in [0.15, 0.2) is 48.5 Å². The van der Waals surface area contributed by atoms with Gasteiger partial charge in [-0.05, 0) is 57.4 Å². The van der Waals surface area contributed by atoms with Gasteiger partial charge in [0.05, 0.1) is 0 Å². The molecule has 0 saturated carbocycles. The van der Waals surface area contributed by atoms with Gasteiger partial charge in [0.25, 0.3) is 5.91 Å². The highest BCUT2D eigenvalue weighted by atomic mass is 16.5. The van der Waals surface area contributed by atoms with Crippen molar-refractivity contribution in [1.82, 2.24) is 10.2 Å². The first kappa shape index (κ1) is 22.5. The first-order chi connectivity index (χ1) is 13.8. The quantitative estimate of drug-likeness (QED) is 0.697. The van der Waals surface area contributed by atoms with Crippen LogP contribution in [0.4, 0.5) is 0 Å². The number of aryl methyl sites for hydroxylation is 2. The average Bonchev–Trinajstić information content (AvgIpc) is 2.69. The maximum absolute atomic E-state index is 13.0. The molecule has 2 aromatic carbocycles. The molecule has 2 amide bonds. The Morgan fingerprint density at radius 2 is 1.69 bits per heavy atom. The number of hydrogen-bond acceptors (Lipinski definition) is 3. The van der Waals surface area contributed by atoms with E-state index in [0.717, 1.165) is 23.1 Å². The fourth-order valence-corrected chi connectivity index (χ4v) is 2.99. The van der Waals surface area contributed by atoms with E-state index in [0.29, 0.717) is 12.3 Å². The molecule has 0 unspecified atom stereocenters. The zero-order chi connectivity index (χ0) is 21.4. The molecule has 0 aliphatic heterocycles. The molecule has 5 nitrogen and oxygen atoms in total. The Morgan fingerprint density at radius 3 is 2.31 bits per heavy atom. The van der Waals surface area contributed by atoms with Gasteiger partial charge in [-0.15, -0.1) is 0 Å². The lowest BCUT2D eigenvalue weighted by atomic mass is 10.1. The second-order valence-electron chi connectivity index (χ2n) is 7.61. The van der Waals surface area contributed by atoms with Crippen LogP contribution in [0, 0.1) is 13.8 Å². The molecule has 1 N–H and O–H groups in total. The summed E-state index contributed by atoms with van der Waals surface area (Å²) in [6.07, 6.45) is 0.834. The summed E-state index contributed by atoms with van der Waals surface area (Å²) < 4.78 is 5.70. The first-order valence-electron chi connectivity index (χ1n) is 10.1. The third-order valence-electron chi connectivity index (χ3n) is 4.96. The molecular formula is C24H32N2O3. The van der Waals surface area contributed by atoms with Crippen molar-refractivity contribution in [2.24, 2.45) is 0 Å². The summed E-state index contributed by atoms with van der Waals surface area (Å²) in [7, 11) is 0. The van der Waals surface area contributed by atoms with Gasteiger partial charge in [-0.2, -0.15) is 0 Å². The molecule has 0 heterocycles. The summed E-state index contributed by atoms with van der Waals surface area (Å²) in [6.45, 7) is 9.95. The Labute approximate surface area is 174 Å². The highest BCUT2D eigenvalue weighted by molar-refractivity contribution is 5.88. The predicted octanol–water partition coefficient (Wildman–Crippen LogP) is 4.01. The van der Waals surface area contributed by atoms with Crippen molar-refractivity contribution in [2.75, 3.05) is 6.61 Å². The number of amides is 2. The van der Waals surface area contributed by atoms with Crippen LogP contribution in [0.25, 0.3) is 0 Å². The zero-order valence-electron chi connectivity index (χ0n) is 18.1. The molecule has 0 aliphatic carbocycles. The van der Waals surface area contributed by atoms with Gasteiger partial charge in [0.2, 0.25) is 5.91 Å². The number of rotatable bonds is 9. The molecule has 5 heteroatoms. The first-order valence-corrected chi connectivity index (χ1v) is 10.1. The fourth-order valence-electron chi connectivity index (χ4n) is 2.99. The summed E-state index contributed by atoms with van der Waals surface area (Å²) in [5.74, 6) is 0.265. The largest absolute Gasteiger partial charge is 0.484 e. The maximum atomic E-state index is 13.0. The van der Waals surface area contributed by atoms with Crippen molar-refractivity contribution in [3.8, 4) is 5.75 Å². The van der Waals surface area contributed by atoms with Crippen LogP contribution in [0.5, 0.6) is 5.75 Å². The molecular weight excluding hydrogens is 364 g/mol. The molecule has 0 spiro atoms. The van der Waals surface area contributed by atoms with E-state index >= 15 is 0 Å². The van der Waals surface area contributed by atoms with E-state index in [9.17, 15) is 9.59 Å². The van der Waals surface area contributed by atoms with E-state index in [-0.39, 0.29) is 24.5 Å². The molecule has 0 fully saturated rings. The van der Waals surface area contributed by atoms with E-state index in [2.05, 4.69) is 5.32 Å². The van der Waals surface area contributed by atoms with Gasteiger partial charge < -0.3 is 15.0 Å². The summed E-state index contributed by atoms with van der Waals surface area (Å²) in [5, 5.41) is 2.97. The smallest absolute Gasteiger partial charge is 0.261 e. The Hall–Kier alpha value is -2.82. The number of hydrogen-bond donors (Lipinski definition) is 1. The van der Waals surface area contributed by atoms with Crippen LogP contribution in [-0.2, 0) is 16.1 Å². The number of nitrogens with zero attached hydrogens (tertiary/aromatic N) is 1. The number of carbonyl (C=O) groups is 2. The van der Waals surface area contributed by atoms with Gasteiger partial charge in [-0.3, -0.25) is 9.59 Å². The molecule has 0 bridgehead atoms. The Morgan fingerprint density at radius 1 is 1.03 bits per heavy atom. The predicted molar refractivity (Wildman–Crippen MR) is 116 cm³/mol. The Bertz CT molecular complexity index is 834. The third-order valence-corrected chi connectivity index (χ3v) is 4.96. The van der Waals surface area contributed by atoms with E-state index in [4.69, 9.17) is 4.74 Å². The van der Waals surface area contributed by atoms with Gasteiger partial charge in [0.15, 0.2) is 6.61 Å².